The quantitative estimate of drug-likeness (QED) is 0.855. The number of carbonyl (C=O) groups excluding carboxylic acids is 1. The molecule has 2 rings (SSSR count). The first-order chi connectivity index (χ1) is 9.11. The molecule has 1 aliphatic carbocycles. The maximum Gasteiger partial charge on any atom is 0.240 e. The first-order valence-electron chi connectivity index (χ1n) is 6.54. The van der Waals surface area contributed by atoms with E-state index in [1.54, 1.807) is 26.1 Å². The van der Waals surface area contributed by atoms with Crippen molar-refractivity contribution >= 4 is 11.6 Å². The average Bonchev–Trinajstić information content (AvgIpc) is 3.22. The van der Waals surface area contributed by atoms with Gasteiger partial charge in [-0.25, -0.2) is 4.39 Å². The molecule has 0 heterocycles. The van der Waals surface area contributed by atoms with Crippen molar-refractivity contribution in [3.05, 3.63) is 24.0 Å². The zero-order chi connectivity index (χ0) is 13.8. The Morgan fingerprint density at radius 2 is 2.26 bits per heavy atom. The number of anilines is 1. The number of halogens is 1. The van der Waals surface area contributed by atoms with Gasteiger partial charge in [0.2, 0.25) is 5.91 Å². The molecule has 104 valence electrons. The van der Waals surface area contributed by atoms with Crippen molar-refractivity contribution in [1.29, 1.82) is 0 Å². The molecule has 0 saturated heterocycles. The van der Waals surface area contributed by atoms with Crippen molar-refractivity contribution in [3.63, 3.8) is 0 Å². The molecule has 0 spiro atoms. The summed E-state index contributed by atoms with van der Waals surface area (Å²) in [7, 11) is 1.64. The van der Waals surface area contributed by atoms with Gasteiger partial charge in [-0.2, -0.15) is 0 Å². The molecule has 1 aromatic carbocycles. The van der Waals surface area contributed by atoms with E-state index in [0.717, 1.165) is 12.8 Å². The van der Waals surface area contributed by atoms with E-state index >= 15 is 0 Å². The minimum absolute atomic E-state index is 0.0736. The van der Waals surface area contributed by atoms with Crippen molar-refractivity contribution in [1.82, 2.24) is 5.32 Å². The smallest absolute Gasteiger partial charge is 0.240 e. The fraction of sp³-hybridized carbons (Fsp3) is 0.500. The Hall–Kier alpha value is -1.62. The molecule has 5 heteroatoms. The number of rotatable bonds is 6. The van der Waals surface area contributed by atoms with Crippen LogP contribution >= 0.6 is 0 Å². The van der Waals surface area contributed by atoms with Crippen LogP contribution in [0.2, 0.25) is 0 Å². The van der Waals surface area contributed by atoms with Gasteiger partial charge in [0.25, 0.3) is 0 Å². The van der Waals surface area contributed by atoms with Crippen molar-refractivity contribution < 1.29 is 13.9 Å². The summed E-state index contributed by atoms with van der Waals surface area (Å²) in [6.07, 6.45) is 2.27. The molecule has 1 saturated carbocycles. The van der Waals surface area contributed by atoms with E-state index < -0.39 is 5.82 Å². The summed E-state index contributed by atoms with van der Waals surface area (Å²) < 4.78 is 18.8. The van der Waals surface area contributed by atoms with E-state index in [1.165, 1.54) is 11.0 Å². The second kappa shape index (κ2) is 6.02. The third-order valence-corrected chi connectivity index (χ3v) is 3.10. The number of hydrogen-bond acceptors (Lipinski definition) is 3. The van der Waals surface area contributed by atoms with Crippen LogP contribution in [-0.2, 0) is 4.79 Å². The van der Waals surface area contributed by atoms with E-state index in [1.807, 2.05) is 0 Å². The molecule has 0 radical (unpaired) electrons. The molecule has 1 fully saturated rings. The second-order valence-electron chi connectivity index (χ2n) is 4.66. The van der Waals surface area contributed by atoms with E-state index in [9.17, 15) is 9.18 Å². The van der Waals surface area contributed by atoms with Gasteiger partial charge in [-0.3, -0.25) is 4.79 Å². The number of benzene rings is 1. The summed E-state index contributed by atoms with van der Waals surface area (Å²) in [6.45, 7) is 2.50. The SMILES string of the molecule is CCOc1ccc(N(C)C(=O)CNC2CC2)cc1F. The average molecular weight is 266 g/mol. The Morgan fingerprint density at radius 3 is 2.84 bits per heavy atom. The largest absolute Gasteiger partial charge is 0.491 e. The lowest BCUT2D eigenvalue weighted by Crippen LogP contribution is -2.36. The van der Waals surface area contributed by atoms with Crippen LogP contribution in [0.3, 0.4) is 0 Å². The van der Waals surface area contributed by atoms with Crippen molar-refractivity contribution in [2.24, 2.45) is 0 Å². The van der Waals surface area contributed by atoms with Crippen LogP contribution < -0.4 is 15.0 Å². The lowest BCUT2D eigenvalue weighted by molar-refractivity contribution is -0.117. The predicted octanol–water partition coefficient (Wildman–Crippen LogP) is 1.94. The Balaban J connectivity index is 1.98. The van der Waals surface area contributed by atoms with Gasteiger partial charge < -0.3 is 15.0 Å². The monoisotopic (exact) mass is 266 g/mol. The Morgan fingerprint density at radius 1 is 1.53 bits per heavy atom. The Kier molecular flexibility index (Phi) is 4.37. The molecular weight excluding hydrogens is 247 g/mol. The highest BCUT2D eigenvalue weighted by molar-refractivity contribution is 5.94. The minimum atomic E-state index is -0.450. The summed E-state index contributed by atoms with van der Waals surface area (Å²) >= 11 is 0. The first kappa shape index (κ1) is 13.8. The zero-order valence-electron chi connectivity index (χ0n) is 11.3. The van der Waals surface area contributed by atoms with E-state index in [0.29, 0.717) is 18.3 Å². The van der Waals surface area contributed by atoms with Crippen LogP contribution in [0.25, 0.3) is 0 Å². The van der Waals surface area contributed by atoms with Crippen LogP contribution in [0.15, 0.2) is 18.2 Å². The highest BCUT2D eigenvalue weighted by atomic mass is 19.1. The Bertz CT molecular complexity index is 461. The number of ether oxygens (including phenoxy) is 1. The molecule has 1 aromatic rings. The summed E-state index contributed by atoms with van der Waals surface area (Å²) in [5.41, 5.74) is 0.531. The van der Waals surface area contributed by atoms with E-state index in [-0.39, 0.29) is 18.2 Å². The third kappa shape index (κ3) is 3.67. The Labute approximate surface area is 112 Å². The van der Waals surface area contributed by atoms with Gasteiger partial charge in [-0.05, 0) is 31.9 Å². The number of nitrogens with zero attached hydrogens (tertiary/aromatic N) is 1. The number of likely N-dealkylation sites (N-methyl/N-ethyl adjacent to an activating group) is 1. The second-order valence-corrected chi connectivity index (χ2v) is 4.66. The van der Waals surface area contributed by atoms with Gasteiger partial charge in [-0.1, -0.05) is 0 Å². The lowest BCUT2D eigenvalue weighted by Gasteiger charge is -2.18. The number of hydrogen-bond donors (Lipinski definition) is 1. The number of amides is 1. The minimum Gasteiger partial charge on any atom is -0.491 e. The molecule has 4 nitrogen and oxygen atoms in total. The van der Waals surface area contributed by atoms with Crippen LogP contribution in [0.1, 0.15) is 19.8 Å². The molecule has 0 unspecified atom stereocenters. The maximum atomic E-state index is 13.7. The van der Waals surface area contributed by atoms with Crippen molar-refractivity contribution in [3.8, 4) is 5.75 Å². The molecule has 1 aliphatic rings. The fourth-order valence-electron chi connectivity index (χ4n) is 1.75. The molecule has 19 heavy (non-hydrogen) atoms. The van der Waals surface area contributed by atoms with Crippen LogP contribution in [0.4, 0.5) is 10.1 Å². The molecule has 0 aromatic heterocycles. The van der Waals surface area contributed by atoms with Crippen LogP contribution in [-0.4, -0.2) is 32.1 Å². The topological polar surface area (TPSA) is 41.6 Å². The summed E-state index contributed by atoms with van der Waals surface area (Å²) in [5, 5.41) is 3.14. The highest BCUT2D eigenvalue weighted by Gasteiger charge is 2.22. The standard InChI is InChI=1S/C14H19FN2O2/c1-3-19-13-7-6-11(8-12(13)15)17(2)14(18)9-16-10-4-5-10/h6-8,10,16H,3-5,9H2,1-2H3. The van der Waals surface area contributed by atoms with E-state index in [2.05, 4.69) is 5.32 Å². The van der Waals surface area contributed by atoms with Crippen molar-refractivity contribution in [2.75, 3.05) is 25.1 Å². The van der Waals surface area contributed by atoms with Crippen LogP contribution in [0, 0.1) is 5.82 Å². The maximum absolute atomic E-state index is 13.7. The molecule has 1 amide bonds. The van der Waals surface area contributed by atoms with Crippen molar-refractivity contribution in [2.45, 2.75) is 25.8 Å². The normalized spacial score (nSPS) is 14.3. The van der Waals surface area contributed by atoms with Gasteiger partial charge in [0, 0.05) is 24.8 Å². The molecule has 1 N–H and O–H groups in total. The predicted molar refractivity (Wildman–Crippen MR) is 72.0 cm³/mol. The van der Waals surface area contributed by atoms with Gasteiger partial charge in [0.15, 0.2) is 11.6 Å². The first-order valence-corrected chi connectivity index (χ1v) is 6.54. The molecule has 0 atom stereocenters. The molecular formula is C14H19FN2O2. The zero-order valence-corrected chi connectivity index (χ0v) is 11.3. The van der Waals surface area contributed by atoms with Gasteiger partial charge >= 0.3 is 0 Å². The van der Waals surface area contributed by atoms with Gasteiger partial charge in [-0.15, -0.1) is 0 Å². The third-order valence-electron chi connectivity index (χ3n) is 3.10. The highest BCUT2D eigenvalue weighted by Crippen LogP contribution is 2.23. The summed E-state index contributed by atoms with van der Waals surface area (Å²) in [4.78, 5) is 13.4. The lowest BCUT2D eigenvalue weighted by atomic mass is 10.2. The van der Waals surface area contributed by atoms with Gasteiger partial charge in [0.05, 0.1) is 13.2 Å². The van der Waals surface area contributed by atoms with Gasteiger partial charge in [0.1, 0.15) is 0 Å². The fourth-order valence-corrected chi connectivity index (χ4v) is 1.75. The molecule has 0 aliphatic heterocycles. The van der Waals surface area contributed by atoms with E-state index in [4.69, 9.17) is 4.74 Å². The number of carbonyl (C=O) groups is 1. The summed E-state index contributed by atoms with van der Waals surface area (Å²) in [6, 6.07) is 5.03. The summed E-state index contributed by atoms with van der Waals surface area (Å²) in [5.74, 6) is -0.312. The van der Waals surface area contributed by atoms with Crippen LogP contribution in [0.5, 0.6) is 5.75 Å². The molecule has 0 bridgehead atoms. The number of nitrogens with one attached hydrogen (secondary N) is 1.